The molecule has 380 valence electrons. The van der Waals surface area contributed by atoms with Crippen molar-refractivity contribution in [3.63, 3.8) is 0 Å². The van der Waals surface area contributed by atoms with Gasteiger partial charge in [-0.2, -0.15) is 74.6 Å². The second-order valence-corrected chi connectivity index (χ2v) is 20.5. The molecule has 0 heterocycles. The molecule has 1 N–H and O–H groups in total. The van der Waals surface area contributed by atoms with Crippen LogP contribution in [0.15, 0.2) is 73.3 Å². The molecule has 0 aliphatic rings. The summed E-state index contributed by atoms with van der Waals surface area (Å²) < 4.78 is 263. The fourth-order valence-corrected chi connectivity index (χ4v) is 10.9. The number of amides is 1. The lowest BCUT2D eigenvalue weighted by Gasteiger charge is -2.44. The average molecular weight is 1020 g/mol. The van der Waals surface area contributed by atoms with Gasteiger partial charge in [-0.05, 0) is 59.1 Å². The van der Waals surface area contributed by atoms with Gasteiger partial charge >= 0.3 is 59.7 Å². The average Bonchev–Trinajstić information content (AvgIpc) is 3.23. The van der Waals surface area contributed by atoms with E-state index in [4.69, 9.17) is 23.4 Å². The van der Waals surface area contributed by atoms with E-state index in [0.717, 1.165) is 6.08 Å². The normalized spacial score (nSPS) is 14.8. The summed E-state index contributed by atoms with van der Waals surface area (Å²) in [4.78, 5) is 25.0. The third-order valence-electron chi connectivity index (χ3n) is 10.4. The Balaban J connectivity index is 2.30. The number of methoxy groups -OCH3 is 1. The summed E-state index contributed by atoms with van der Waals surface area (Å²) in [5.74, 6) is -57.7. The molecule has 2 rings (SSSR count). The summed E-state index contributed by atoms with van der Waals surface area (Å²) in [5.41, 5.74) is -1.11. The Morgan fingerprint density at radius 3 is 1.61 bits per heavy atom. The van der Waals surface area contributed by atoms with E-state index >= 15 is 8.78 Å². The monoisotopic (exact) mass is 1020 g/mol. The van der Waals surface area contributed by atoms with Crippen molar-refractivity contribution in [2.24, 2.45) is 5.92 Å². The van der Waals surface area contributed by atoms with Gasteiger partial charge in [0.05, 0.1) is 13.7 Å². The van der Waals surface area contributed by atoms with Crippen LogP contribution < -0.4 is 14.8 Å². The first kappa shape index (κ1) is 58.4. The van der Waals surface area contributed by atoms with Crippen LogP contribution in [0.2, 0.25) is 17.1 Å². The molecule has 8 nitrogen and oxygen atoms in total. The highest BCUT2D eigenvalue weighted by Crippen LogP contribution is 2.64. The van der Waals surface area contributed by atoms with E-state index in [0.29, 0.717) is 17.0 Å². The smallest absolute Gasteiger partial charge is 0.460 e. The number of esters is 1. The van der Waals surface area contributed by atoms with Gasteiger partial charge in [-0.25, -0.2) is 9.59 Å². The number of alkyl halides is 17. The minimum absolute atomic E-state index is 0.0813. The summed E-state index contributed by atoms with van der Waals surface area (Å²) in [7, 11) is -2.59. The molecule has 67 heavy (non-hydrogen) atoms. The number of carbonyl (C=O) groups excluding carboxylic acids is 2. The maximum absolute atomic E-state index is 15.0. The van der Waals surface area contributed by atoms with Crippen molar-refractivity contribution in [3.8, 4) is 11.5 Å². The van der Waals surface area contributed by atoms with Gasteiger partial charge in [-0.3, -0.25) is 5.32 Å². The van der Waals surface area contributed by atoms with Gasteiger partial charge in [0.25, 0.3) is 0 Å². The molecule has 1 amide bonds. The standard InChI is InChI=1S/C41H46F17NO7Si/c1-8-20-64-31(60)18-9-26(6)32(66-33(61)59-28-12-16-29(62-7)17-13-28)27-10-14-30(15-11-27)63-21-22-65-67(24(2)3,25(4)5)23-19-34(42,43)35(44,45)36(46,47)37(48,49)38(50,51)39(52,53)40(54,55)41(56,57)58/h8-18,24-26,32H,1,19-23H2,2-7H3,(H,59,61)/b18-9+/t26-,32+/m0/s1. The van der Waals surface area contributed by atoms with E-state index in [9.17, 15) is 75.4 Å². The first-order valence-electron chi connectivity index (χ1n) is 19.6. The summed E-state index contributed by atoms with van der Waals surface area (Å²) in [5, 5.41) is 2.54. The molecule has 0 aliphatic heterocycles. The minimum Gasteiger partial charge on any atom is -0.497 e. The molecule has 0 saturated heterocycles. The van der Waals surface area contributed by atoms with Gasteiger partial charge in [0.2, 0.25) is 0 Å². The maximum Gasteiger partial charge on any atom is 0.460 e. The highest BCUT2D eigenvalue weighted by Gasteiger charge is 2.95. The SMILES string of the molecule is C=CCOC(=O)/C=C/[C@H](C)[C@@H](OC(=O)Nc1ccc(OC)cc1)c1ccc(OCCO[Si](CCC(F)(F)C(F)(F)C(F)(F)C(F)(F)C(F)(F)C(F)(F)C(F)(F)C(F)(F)F)(C(C)C)C(C)C)cc1. The van der Waals surface area contributed by atoms with E-state index in [1.165, 1.54) is 83.4 Å². The van der Waals surface area contributed by atoms with Crippen molar-refractivity contribution in [2.45, 2.75) is 112 Å². The molecule has 0 aromatic heterocycles. The summed E-state index contributed by atoms with van der Waals surface area (Å²) >= 11 is 0. The van der Waals surface area contributed by atoms with Crippen molar-refractivity contribution < 1.29 is 108 Å². The maximum atomic E-state index is 15.0. The molecule has 0 fully saturated rings. The van der Waals surface area contributed by atoms with E-state index in [1.54, 1.807) is 19.1 Å². The number of anilines is 1. The molecule has 26 heteroatoms. The van der Waals surface area contributed by atoms with Crippen LogP contribution in [0.3, 0.4) is 0 Å². The van der Waals surface area contributed by atoms with E-state index in [-0.39, 0.29) is 12.4 Å². The van der Waals surface area contributed by atoms with Crippen molar-refractivity contribution in [2.75, 3.05) is 32.2 Å². The zero-order valence-corrected chi connectivity index (χ0v) is 37.2. The lowest BCUT2D eigenvalue weighted by atomic mass is 9.88. The van der Waals surface area contributed by atoms with Crippen LogP contribution in [-0.2, 0) is 18.7 Å². The topological polar surface area (TPSA) is 92.3 Å². The van der Waals surface area contributed by atoms with Crippen molar-refractivity contribution in [1.82, 2.24) is 0 Å². The lowest BCUT2D eigenvalue weighted by molar-refractivity contribution is -0.461. The highest BCUT2D eigenvalue weighted by atomic mass is 28.4. The van der Waals surface area contributed by atoms with Crippen LogP contribution in [0.25, 0.3) is 0 Å². The highest BCUT2D eigenvalue weighted by molar-refractivity contribution is 6.76. The Hall–Kier alpha value is -4.75. The Morgan fingerprint density at radius 1 is 0.672 bits per heavy atom. The van der Waals surface area contributed by atoms with E-state index < -0.39 is 117 Å². The number of nitrogens with one attached hydrogen (secondary N) is 1. The van der Waals surface area contributed by atoms with Crippen molar-refractivity contribution >= 4 is 26.1 Å². The van der Waals surface area contributed by atoms with E-state index in [1.807, 2.05) is 0 Å². The zero-order valence-electron chi connectivity index (χ0n) is 36.2. The molecule has 2 aromatic carbocycles. The molecular weight excluding hydrogens is 970 g/mol. The number of carbonyl (C=O) groups is 2. The Labute approximate surface area is 373 Å². The Kier molecular flexibility index (Phi) is 18.9. The molecule has 0 bridgehead atoms. The molecule has 0 spiro atoms. The van der Waals surface area contributed by atoms with Crippen molar-refractivity contribution in [1.29, 1.82) is 0 Å². The lowest BCUT2D eigenvalue weighted by Crippen LogP contribution is -2.74. The van der Waals surface area contributed by atoms with Crippen LogP contribution >= 0.6 is 0 Å². The second kappa shape index (κ2) is 21.7. The van der Waals surface area contributed by atoms with Gasteiger partial charge in [0, 0.05) is 24.1 Å². The van der Waals surface area contributed by atoms with Gasteiger partial charge in [-0.1, -0.05) is 65.5 Å². The van der Waals surface area contributed by atoms with Gasteiger partial charge in [0.15, 0.2) is 8.32 Å². The fraction of sp³-hybridized carbons (Fsp3) is 0.561. The fourth-order valence-electron chi connectivity index (χ4n) is 6.44. The number of hydrogen-bond donors (Lipinski definition) is 1. The van der Waals surface area contributed by atoms with Gasteiger partial charge < -0.3 is 23.4 Å². The van der Waals surface area contributed by atoms with E-state index in [2.05, 4.69) is 11.9 Å². The van der Waals surface area contributed by atoms with Gasteiger partial charge in [0.1, 0.15) is 30.8 Å². The van der Waals surface area contributed by atoms with Crippen LogP contribution in [0.5, 0.6) is 11.5 Å². The molecule has 0 unspecified atom stereocenters. The predicted octanol–water partition coefficient (Wildman–Crippen LogP) is 13.5. The van der Waals surface area contributed by atoms with Crippen molar-refractivity contribution in [3.05, 3.63) is 78.9 Å². The third kappa shape index (κ3) is 12.3. The number of hydrogen-bond acceptors (Lipinski definition) is 7. The summed E-state index contributed by atoms with van der Waals surface area (Å²) in [6, 6.07) is 10.5. The largest absolute Gasteiger partial charge is 0.497 e. The molecule has 0 saturated carbocycles. The molecule has 0 aliphatic carbocycles. The molecule has 2 atom stereocenters. The first-order valence-corrected chi connectivity index (χ1v) is 21.9. The third-order valence-corrected chi connectivity index (χ3v) is 16.1. The number of rotatable bonds is 25. The summed E-state index contributed by atoms with van der Waals surface area (Å²) in [6.07, 6.45) is -8.54. The second-order valence-electron chi connectivity index (χ2n) is 15.5. The van der Waals surface area contributed by atoms with Crippen LogP contribution in [0.1, 0.15) is 52.7 Å². The van der Waals surface area contributed by atoms with Crippen LogP contribution in [0.4, 0.5) is 85.1 Å². The number of benzene rings is 2. The molecule has 2 aromatic rings. The molecular formula is C41H46F17NO7Si. The van der Waals surface area contributed by atoms with Crippen LogP contribution in [0, 0.1) is 5.92 Å². The number of ether oxygens (including phenoxy) is 4. The van der Waals surface area contributed by atoms with Crippen LogP contribution in [-0.4, -0.2) is 94.9 Å². The predicted molar refractivity (Wildman–Crippen MR) is 209 cm³/mol. The quantitative estimate of drug-likeness (QED) is 0.0264. The minimum atomic E-state index is -8.71. The number of halogens is 17. The Bertz CT molecular complexity index is 1970. The zero-order chi connectivity index (χ0) is 51.8. The summed E-state index contributed by atoms with van der Waals surface area (Å²) in [6.45, 7) is 9.22. The first-order chi connectivity index (χ1) is 30.5. The van der Waals surface area contributed by atoms with Gasteiger partial charge in [-0.15, -0.1) is 0 Å². The Morgan fingerprint density at radius 2 is 1.15 bits per heavy atom. The molecule has 0 radical (unpaired) electrons.